The lowest BCUT2D eigenvalue weighted by Gasteiger charge is -1.95. The summed E-state index contributed by atoms with van der Waals surface area (Å²) in [7, 11) is 0. The summed E-state index contributed by atoms with van der Waals surface area (Å²) < 4.78 is 1.93. The van der Waals surface area contributed by atoms with E-state index in [0.717, 1.165) is 20.1 Å². The second-order valence-electron chi connectivity index (χ2n) is 4.39. The molecule has 0 fully saturated rings. The number of hydrogen-bond acceptors (Lipinski definition) is 2. The summed E-state index contributed by atoms with van der Waals surface area (Å²) in [5, 5.41) is 16.8. The van der Waals surface area contributed by atoms with Gasteiger partial charge in [-0.1, -0.05) is 56.1 Å². The van der Waals surface area contributed by atoms with Gasteiger partial charge >= 0.3 is 11.9 Å². The smallest absolute Gasteiger partial charge is 0.307 e. The number of carboxylic acids is 2. The zero-order valence-corrected chi connectivity index (χ0v) is 14.7. The molecule has 2 N–H and O–H groups in total. The molecule has 0 amide bonds. The van der Waals surface area contributed by atoms with Crippen LogP contribution in [0.5, 0.6) is 0 Å². The molecule has 0 aliphatic heterocycles. The molecule has 0 aliphatic rings. The highest BCUT2D eigenvalue weighted by atomic mass is 79.9. The highest BCUT2D eigenvalue weighted by Gasteiger charge is 1.99. The van der Waals surface area contributed by atoms with Crippen molar-refractivity contribution in [3.63, 3.8) is 0 Å². The number of hydrogen-bond donors (Lipinski definition) is 2. The van der Waals surface area contributed by atoms with Gasteiger partial charge < -0.3 is 10.2 Å². The van der Waals surface area contributed by atoms with Gasteiger partial charge in [-0.15, -0.1) is 0 Å². The molecule has 0 radical (unpaired) electrons. The van der Waals surface area contributed by atoms with Crippen LogP contribution in [0.25, 0.3) is 0 Å². The Bertz CT molecular complexity index is 564. The standard InChI is InChI=1S/2C8H7BrO2/c2*9-7-3-1-6(2-4-7)5-8(10)11/h2*1-4H,5H2,(H,10,11). The largest absolute Gasteiger partial charge is 0.481 e. The Morgan fingerprint density at radius 3 is 1.18 bits per heavy atom. The first kappa shape index (κ1) is 18.4. The van der Waals surface area contributed by atoms with E-state index in [4.69, 9.17) is 10.2 Å². The van der Waals surface area contributed by atoms with Gasteiger partial charge in [-0.3, -0.25) is 9.59 Å². The molecule has 6 heteroatoms. The highest BCUT2D eigenvalue weighted by molar-refractivity contribution is 9.10. The number of aliphatic carboxylic acids is 2. The fourth-order valence-corrected chi connectivity index (χ4v) is 2.08. The summed E-state index contributed by atoms with van der Waals surface area (Å²) in [4.78, 5) is 20.5. The van der Waals surface area contributed by atoms with E-state index in [-0.39, 0.29) is 12.8 Å². The second kappa shape index (κ2) is 9.38. The zero-order chi connectivity index (χ0) is 16.5. The molecular weight excluding hydrogens is 416 g/mol. The van der Waals surface area contributed by atoms with Gasteiger partial charge in [0.2, 0.25) is 0 Å². The van der Waals surface area contributed by atoms with E-state index >= 15 is 0 Å². The van der Waals surface area contributed by atoms with Crippen LogP contribution in [-0.4, -0.2) is 22.2 Å². The maximum atomic E-state index is 10.2. The molecule has 0 unspecified atom stereocenters. The van der Waals surface area contributed by atoms with Gasteiger partial charge in [0.05, 0.1) is 12.8 Å². The van der Waals surface area contributed by atoms with Crippen molar-refractivity contribution in [2.75, 3.05) is 0 Å². The number of rotatable bonds is 4. The summed E-state index contributed by atoms with van der Waals surface area (Å²) in [5.41, 5.74) is 1.64. The van der Waals surface area contributed by atoms with Crippen LogP contribution < -0.4 is 0 Å². The molecule has 2 aromatic rings. The predicted octanol–water partition coefficient (Wildman–Crippen LogP) is 4.15. The van der Waals surface area contributed by atoms with Crippen molar-refractivity contribution in [1.29, 1.82) is 0 Å². The minimum atomic E-state index is -0.799. The predicted molar refractivity (Wildman–Crippen MR) is 91.0 cm³/mol. The summed E-state index contributed by atoms with van der Waals surface area (Å²) in [6, 6.07) is 14.5. The Morgan fingerprint density at radius 2 is 0.955 bits per heavy atom. The normalized spacial score (nSPS) is 9.55. The lowest BCUT2D eigenvalue weighted by Crippen LogP contribution is -1.99. The molecule has 0 aliphatic carbocycles. The topological polar surface area (TPSA) is 74.6 Å². The fraction of sp³-hybridized carbons (Fsp3) is 0.125. The average Bonchev–Trinajstić information content (AvgIpc) is 2.44. The zero-order valence-electron chi connectivity index (χ0n) is 11.5. The van der Waals surface area contributed by atoms with Gasteiger partial charge in [-0.25, -0.2) is 0 Å². The first-order valence-corrected chi connectivity index (χ1v) is 7.88. The van der Waals surface area contributed by atoms with Crippen LogP contribution in [0.3, 0.4) is 0 Å². The SMILES string of the molecule is O=C(O)Cc1ccc(Br)cc1.O=C(O)Cc1ccc(Br)cc1. The van der Waals surface area contributed by atoms with Crippen LogP contribution in [0.15, 0.2) is 57.5 Å². The van der Waals surface area contributed by atoms with Gasteiger partial charge in [-0.05, 0) is 35.4 Å². The van der Waals surface area contributed by atoms with Crippen molar-refractivity contribution in [1.82, 2.24) is 0 Å². The third-order valence-electron chi connectivity index (χ3n) is 2.54. The van der Waals surface area contributed by atoms with Crippen molar-refractivity contribution in [3.8, 4) is 0 Å². The molecular formula is C16H14Br2O4. The van der Waals surface area contributed by atoms with Crippen LogP contribution in [-0.2, 0) is 22.4 Å². The molecule has 0 saturated heterocycles. The number of halogens is 2. The summed E-state index contributed by atoms with van der Waals surface area (Å²) in [6.07, 6.45) is 0.181. The van der Waals surface area contributed by atoms with Crippen LogP contribution in [0.2, 0.25) is 0 Å². The van der Waals surface area contributed by atoms with Crippen LogP contribution in [0.1, 0.15) is 11.1 Å². The number of carbonyl (C=O) groups is 2. The molecule has 22 heavy (non-hydrogen) atoms. The molecule has 0 aromatic heterocycles. The Kier molecular flexibility index (Phi) is 7.84. The monoisotopic (exact) mass is 428 g/mol. The van der Waals surface area contributed by atoms with E-state index in [1.807, 2.05) is 24.3 Å². The maximum Gasteiger partial charge on any atom is 0.307 e. The number of benzene rings is 2. The lowest BCUT2D eigenvalue weighted by molar-refractivity contribution is -0.137. The van der Waals surface area contributed by atoms with Crippen molar-refractivity contribution in [3.05, 3.63) is 68.6 Å². The Hall–Kier alpha value is -1.66. The third-order valence-corrected chi connectivity index (χ3v) is 3.59. The van der Waals surface area contributed by atoms with Gasteiger partial charge in [0.25, 0.3) is 0 Å². The van der Waals surface area contributed by atoms with Crippen LogP contribution in [0, 0.1) is 0 Å². The van der Waals surface area contributed by atoms with Crippen LogP contribution >= 0.6 is 31.9 Å². The van der Waals surface area contributed by atoms with E-state index in [1.54, 1.807) is 24.3 Å². The number of carboxylic acid groups (broad SMARTS) is 2. The Labute approximate surface area is 145 Å². The molecule has 0 bridgehead atoms. The quantitative estimate of drug-likeness (QED) is 0.765. The molecule has 0 atom stereocenters. The minimum absolute atomic E-state index is 0.0906. The Balaban J connectivity index is 0.000000220. The molecule has 2 aromatic carbocycles. The molecule has 2 rings (SSSR count). The highest BCUT2D eigenvalue weighted by Crippen LogP contribution is 2.11. The second-order valence-corrected chi connectivity index (χ2v) is 6.23. The van der Waals surface area contributed by atoms with Gasteiger partial charge in [0.1, 0.15) is 0 Å². The summed E-state index contributed by atoms with van der Waals surface area (Å²) >= 11 is 6.53. The first-order valence-electron chi connectivity index (χ1n) is 6.29. The van der Waals surface area contributed by atoms with Gasteiger partial charge in [0.15, 0.2) is 0 Å². The van der Waals surface area contributed by atoms with Gasteiger partial charge in [-0.2, -0.15) is 0 Å². The molecule has 4 nitrogen and oxygen atoms in total. The molecule has 116 valence electrons. The molecule has 0 spiro atoms. The van der Waals surface area contributed by atoms with E-state index in [0.29, 0.717) is 0 Å². The summed E-state index contributed by atoms with van der Waals surface area (Å²) in [6.45, 7) is 0. The van der Waals surface area contributed by atoms with Crippen molar-refractivity contribution in [2.45, 2.75) is 12.8 Å². The van der Waals surface area contributed by atoms with E-state index in [2.05, 4.69) is 31.9 Å². The molecule has 0 heterocycles. The van der Waals surface area contributed by atoms with Crippen molar-refractivity contribution in [2.24, 2.45) is 0 Å². The van der Waals surface area contributed by atoms with Gasteiger partial charge in [0, 0.05) is 8.95 Å². The van der Waals surface area contributed by atoms with Crippen molar-refractivity contribution >= 4 is 43.8 Å². The summed E-state index contributed by atoms with van der Waals surface area (Å²) in [5.74, 6) is -1.60. The minimum Gasteiger partial charge on any atom is -0.481 e. The third kappa shape index (κ3) is 7.95. The van der Waals surface area contributed by atoms with Crippen LogP contribution in [0.4, 0.5) is 0 Å². The average molecular weight is 430 g/mol. The van der Waals surface area contributed by atoms with Crippen molar-refractivity contribution < 1.29 is 19.8 Å². The fourth-order valence-electron chi connectivity index (χ4n) is 1.55. The lowest BCUT2D eigenvalue weighted by atomic mass is 10.2. The first-order chi connectivity index (χ1) is 10.4. The maximum absolute atomic E-state index is 10.2. The Morgan fingerprint density at radius 1 is 0.682 bits per heavy atom. The van der Waals surface area contributed by atoms with E-state index < -0.39 is 11.9 Å². The van der Waals surface area contributed by atoms with E-state index in [9.17, 15) is 9.59 Å². The van der Waals surface area contributed by atoms with E-state index in [1.165, 1.54) is 0 Å². The molecule has 0 saturated carbocycles.